The van der Waals surface area contributed by atoms with Crippen LogP contribution in [-0.2, 0) is 16.0 Å². The molecule has 202 valence electrons. The fraction of sp³-hybridized carbons (Fsp3) is 0.194. The Labute approximate surface area is 234 Å². The molecule has 2 aliphatic heterocycles. The minimum Gasteiger partial charge on any atom is -0.507 e. The van der Waals surface area contributed by atoms with Gasteiger partial charge in [-0.2, -0.15) is 0 Å². The van der Waals surface area contributed by atoms with Crippen molar-refractivity contribution in [1.82, 2.24) is 4.98 Å². The molecule has 0 spiro atoms. The zero-order valence-corrected chi connectivity index (χ0v) is 22.7. The molecule has 0 bridgehead atoms. The van der Waals surface area contributed by atoms with Gasteiger partial charge in [0.25, 0.3) is 5.78 Å². The first-order chi connectivity index (χ1) is 19.4. The van der Waals surface area contributed by atoms with Crippen molar-refractivity contribution in [2.24, 2.45) is 0 Å². The van der Waals surface area contributed by atoms with E-state index in [9.17, 15) is 14.7 Å². The van der Waals surface area contributed by atoms with E-state index in [0.29, 0.717) is 46.3 Å². The van der Waals surface area contributed by atoms with Gasteiger partial charge in [0.05, 0.1) is 28.9 Å². The Kier molecular flexibility index (Phi) is 6.51. The number of ketones is 1. The number of anilines is 1. The van der Waals surface area contributed by atoms with Crippen LogP contribution in [0, 0.1) is 0 Å². The SMILES string of the molecule is C=CCOc1cccc([C@@H]2/C(=C(\O)c3ccc4c(c3)C[C@H](C)O4)C(=O)C(=O)N2c2nc3ccc(OC)cc3s2)c1. The van der Waals surface area contributed by atoms with Crippen LogP contribution in [0.15, 0.2) is 78.9 Å². The maximum Gasteiger partial charge on any atom is 0.301 e. The molecule has 6 rings (SSSR count). The first kappa shape index (κ1) is 25.6. The van der Waals surface area contributed by atoms with Gasteiger partial charge in [0.2, 0.25) is 0 Å². The minimum absolute atomic E-state index is 0.0189. The zero-order valence-electron chi connectivity index (χ0n) is 21.9. The van der Waals surface area contributed by atoms with Crippen molar-refractivity contribution >= 4 is 44.1 Å². The van der Waals surface area contributed by atoms with Gasteiger partial charge >= 0.3 is 5.91 Å². The largest absolute Gasteiger partial charge is 0.507 e. The molecule has 1 saturated heterocycles. The van der Waals surface area contributed by atoms with Crippen molar-refractivity contribution < 1.29 is 28.9 Å². The molecule has 1 amide bonds. The van der Waals surface area contributed by atoms with Crippen molar-refractivity contribution in [3.63, 3.8) is 0 Å². The Bertz CT molecular complexity index is 1710. The number of carbonyl (C=O) groups excluding carboxylic acids is 2. The summed E-state index contributed by atoms with van der Waals surface area (Å²) < 4.78 is 17.7. The Morgan fingerprint density at radius 3 is 2.83 bits per heavy atom. The van der Waals surface area contributed by atoms with Crippen molar-refractivity contribution in [1.29, 1.82) is 0 Å². The van der Waals surface area contributed by atoms with Gasteiger partial charge in [-0.05, 0) is 66.6 Å². The number of amides is 1. The third-order valence-electron chi connectivity index (χ3n) is 6.95. The molecule has 3 aromatic carbocycles. The normalized spacial score (nSPS) is 19.5. The van der Waals surface area contributed by atoms with Crippen LogP contribution in [0.1, 0.15) is 29.7 Å². The maximum absolute atomic E-state index is 13.6. The van der Waals surface area contributed by atoms with Crippen LogP contribution in [0.3, 0.4) is 0 Å². The highest BCUT2D eigenvalue weighted by Gasteiger charge is 2.48. The van der Waals surface area contributed by atoms with Crippen molar-refractivity contribution in [3.8, 4) is 17.2 Å². The molecule has 1 fully saturated rings. The molecule has 1 aromatic heterocycles. The topological polar surface area (TPSA) is 98.2 Å². The molecule has 1 N–H and O–H groups in total. The van der Waals surface area contributed by atoms with Gasteiger partial charge in [-0.15, -0.1) is 0 Å². The van der Waals surface area contributed by atoms with Crippen LogP contribution in [0.5, 0.6) is 17.2 Å². The number of aromatic nitrogens is 1. The summed E-state index contributed by atoms with van der Waals surface area (Å²) in [6.45, 7) is 5.95. The number of rotatable bonds is 7. The highest BCUT2D eigenvalue weighted by Crippen LogP contribution is 2.45. The molecule has 8 nitrogen and oxygen atoms in total. The van der Waals surface area contributed by atoms with E-state index in [1.807, 2.05) is 19.1 Å². The van der Waals surface area contributed by atoms with Crippen molar-refractivity contribution in [2.45, 2.75) is 25.5 Å². The number of carbonyl (C=O) groups is 2. The summed E-state index contributed by atoms with van der Waals surface area (Å²) in [5.74, 6) is 0.130. The second-order valence-electron chi connectivity index (χ2n) is 9.63. The molecule has 0 aliphatic carbocycles. The van der Waals surface area contributed by atoms with Crippen LogP contribution in [0.25, 0.3) is 16.0 Å². The van der Waals surface area contributed by atoms with Crippen LogP contribution in [-0.4, -0.2) is 41.6 Å². The summed E-state index contributed by atoms with van der Waals surface area (Å²) in [5, 5.41) is 11.9. The van der Waals surface area contributed by atoms with E-state index in [2.05, 4.69) is 11.6 Å². The number of methoxy groups -OCH3 is 1. The Morgan fingerprint density at radius 1 is 1.18 bits per heavy atom. The second kappa shape index (κ2) is 10.2. The summed E-state index contributed by atoms with van der Waals surface area (Å²) >= 11 is 1.27. The molecule has 0 radical (unpaired) electrons. The first-order valence-electron chi connectivity index (χ1n) is 12.8. The van der Waals surface area contributed by atoms with E-state index >= 15 is 0 Å². The van der Waals surface area contributed by atoms with Crippen molar-refractivity contribution in [2.75, 3.05) is 18.6 Å². The summed E-state index contributed by atoms with van der Waals surface area (Å²) in [6.07, 6.45) is 2.34. The third-order valence-corrected chi connectivity index (χ3v) is 7.96. The van der Waals surface area contributed by atoms with Crippen LogP contribution in [0.2, 0.25) is 0 Å². The number of benzene rings is 3. The molecule has 0 saturated carbocycles. The lowest BCUT2D eigenvalue weighted by molar-refractivity contribution is -0.132. The van der Waals surface area contributed by atoms with Gasteiger partial charge < -0.3 is 19.3 Å². The Balaban J connectivity index is 1.52. The molecular formula is C31H26N2O6S. The van der Waals surface area contributed by atoms with E-state index in [4.69, 9.17) is 14.2 Å². The molecule has 40 heavy (non-hydrogen) atoms. The zero-order chi connectivity index (χ0) is 28.0. The van der Waals surface area contributed by atoms with Gasteiger partial charge in [-0.25, -0.2) is 4.98 Å². The molecule has 2 atom stereocenters. The Morgan fingerprint density at radius 2 is 2.02 bits per heavy atom. The highest BCUT2D eigenvalue weighted by molar-refractivity contribution is 7.22. The van der Waals surface area contributed by atoms with E-state index in [1.165, 1.54) is 16.2 Å². The molecule has 2 aliphatic rings. The lowest BCUT2D eigenvalue weighted by Gasteiger charge is -2.23. The lowest BCUT2D eigenvalue weighted by atomic mass is 9.94. The van der Waals surface area contributed by atoms with Gasteiger partial charge in [-0.3, -0.25) is 14.5 Å². The monoisotopic (exact) mass is 554 g/mol. The third kappa shape index (κ3) is 4.38. The fourth-order valence-electron chi connectivity index (χ4n) is 5.12. The first-order valence-corrected chi connectivity index (χ1v) is 13.6. The average molecular weight is 555 g/mol. The second-order valence-corrected chi connectivity index (χ2v) is 10.6. The number of fused-ring (bicyclic) bond motifs is 2. The fourth-order valence-corrected chi connectivity index (χ4v) is 6.14. The average Bonchev–Trinajstić information content (AvgIpc) is 3.63. The number of aliphatic hydroxyl groups is 1. The highest BCUT2D eigenvalue weighted by atomic mass is 32.1. The number of hydrogen-bond donors (Lipinski definition) is 1. The predicted molar refractivity (Wildman–Crippen MR) is 153 cm³/mol. The summed E-state index contributed by atoms with van der Waals surface area (Å²) in [7, 11) is 1.58. The molecule has 3 heterocycles. The van der Waals surface area contributed by atoms with Crippen LogP contribution in [0.4, 0.5) is 5.13 Å². The quantitative estimate of drug-likeness (QED) is 0.133. The number of hydrogen-bond acceptors (Lipinski definition) is 8. The van der Waals surface area contributed by atoms with E-state index in [0.717, 1.165) is 16.0 Å². The van der Waals surface area contributed by atoms with Gasteiger partial charge in [0, 0.05) is 12.0 Å². The van der Waals surface area contributed by atoms with Gasteiger partial charge in [0.1, 0.15) is 35.7 Å². The lowest BCUT2D eigenvalue weighted by Crippen LogP contribution is -2.29. The van der Waals surface area contributed by atoms with Crippen molar-refractivity contribution in [3.05, 3.63) is 95.6 Å². The smallest absolute Gasteiger partial charge is 0.301 e. The van der Waals surface area contributed by atoms with Crippen LogP contribution >= 0.6 is 11.3 Å². The van der Waals surface area contributed by atoms with E-state index in [1.54, 1.807) is 61.7 Å². The molecule has 4 aromatic rings. The summed E-state index contributed by atoms with van der Waals surface area (Å²) in [4.78, 5) is 33.3. The molecule has 9 heteroatoms. The Hall–Kier alpha value is -4.63. The van der Waals surface area contributed by atoms with E-state index in [-0.39, 0.29) is 17.4 Å². The number of nitrogens with zero attached hydrogens (tertiary/aromatic N) is 2. The predicted octanol–water partition coefficient (Wildman–Crippen LogP) is 5.82. The number of Topliss-reactive ketones (excluding diaryl/α,β-unsaturated/α-hetero) is 1. The number of ether oxygens (including phenoxy) is 3. The standard InChI is InChI=1S/C31H26N2O6S/c1-4-12-38-22-7-5-6-18(15-22)27-26(28(34)19-8-11-24-20(14-19)13-17(2)39-24)29(35)30(36)33(27)31-32-23-10-9-21(37-3)16-25(23)40-31/h4-11,14-17,27,34H,1,12-13H2,2-3H3/b28-26+/t17-,27+/m0/s1. The minimum atomic E-state index is -0.932. The molecule has 0 unspecified atom stereocenters. The van der Waals surface area contributed by atoms with Crippen LogP contribution < -0.4 is 19.1 Å². The number of aliphatic hydroxyl groups excluding tert-OH is 1. The molecular weight excluding hydrogens is 528 g/mol. The number of thiazole rings is 1. The maximum atomic E-state index is 13.6. The summed E-state index contributed by atoms with van der Waals surface area (Å²) in [5.41, 5.74) is 2.61. The van der Waals surface area contributed by atoms with Gasteiger partial charge in [0.15, 0.2) is 5.13 Å². The van der Waals surface area contributed by atoms with E-state index < -0.39 is 17.7 Å². The summed E-state index contributed by atoms with van der Waals surface area (Å²) in [6, 6.07) is 16.9. The van der Waals surface area contributed by atoms with Gasteiger partial charge in [-0.1, -0.05) is 36.1 Å².